The number of aryl methyl sites for hydroxylation is 2. The summed E-state index contributed by atoms with van der Waals surface area (Å²) in [6.45, 7) is 4.21. The molecule has 0 bridgehead atoms. The fraction of sp³-hybridized carbons (Fsp3) is 0.400. The van der Waals surface area contributed by atoms with Crippen LogP contribution in [0.15, 0.2) is 67.3 Å². The second-order valence-corrected chi connectivity index (χ2v) is 8.05. The Balaban J connectivity index is 1.35. The van der Waals surface area contributed by atoms with Gasteiger partial charge in [0.2, 0.25) is 0 Å². The van der Waals surface area contributed by atoms with Crippen LogP contribution in [0.3, 0.4) is 0 Å². The topological polar surface area (TPSA) is 54.7 Å². The highest BCUT2D eigenvalue weighted by Crippen LogP contribution is 2.31. The molecule has 6 nitrogen and oxygen atoms in total. The van der Waals surface area contributed by atoms with Crippen LogP contribution in [-0.4, -0.2) is 41.8 Å². The Kier molecular flexibility index (Phi) is 7.02. The van der Waals surface area contributed by atoms with Crippen molar-refractivity contribution >= 4 is 0 Å². The molecule has 0 aliphatic carbocycles. The highest BCUT2D eigenvalue weighted by atomic mass is 16.8. The van der Waals surface area contributed by atoms with Crippen molar-refractivity contribution in [3.63, 3.8) is 0 Å². The van der Waals surface area contributed by atoms with E-state index in [1.54, 1.807) is 19.6 Å². The van der Waals surface area contributed by atoms with E-state index < -0.39 is 5.79 Å². The summed E-state index contributed by atoms with van der Waals surface area (Å²) in [7, 11) is 1.67. The first-order chi connectivity index (χ1) is 15.1. The van der Waals surface area contributed by atoms with Gasteiger partial charge in [-0.2, -0.15) is 0 Å². The van der Waals surface area contributed by atoms with Gasteiger partial charge in [-0.25, -0.2) is 4.98 Å². The van der Waals surface area contributed by atoms with Gasteiger partial charge < -0.3 is 23.5 Å². The Morgan fingerprint density at radius 1 is 1.16 bits per heavy atom. The van der Waals surface area contributed by atoms with Crippen molar-refractivity contribution in [1.82, 2.24) is 9.55 Å². The molecule has 1 aromatic heterocycles. The number of benzene rings is 2. The minimum Gasteiger partial charge on any atom is -0.497 e. The second-order valence-electron chi connectivity index (χ2n) is 8.05. The molecule has 2 heterocycles. The quantitative estimate of drug-likeness (QED) is 0.491. The Morgan fingerprint density at radius 2 is 2.03 bits per heavy atom. The first-order valence-electron chi connectivity index (χ1n) is 10.7. The van der Waals surface area contributed by atoms with Gasteiger partial charge >= 0.3 is 0 Å². The number of nitrogens with zero attached hydrogens (tertiary/aromatic N) is 2. The molecule has 1 saturated heterocycles. The zero-order valence-electron chi connectivity index (χ0n) is 18.2. The number of rotatable bonds is 10. The molecule has 2 aromatic carbocycles. The van der Waals surface area contributed by atoms with Crippen molar-refractivity contribution in [2.75, 3.05) is 20.3 Å². The highest BCUT2D eigenvalue weighted by Gasteiger charge is 2.41. The molecule has 0 amide bonds. The smallest absolute Gasteiger partial charge is 0.187 e. The van der Waals surface area contributed by atoms with E-state index in [1.807, 2.05) is 35.0 Å². The van der Waals surface area contributed by atoms with Crippen LogP contribution in [0.25, 0.3) is 0 Å². The van der Waals surface area contributed by atoms with Gasteiger partial charge in [-0.05, 0) is 36.6 Å². The number of aromatic nitrogens is 2. The van der Waals surface area contributed by atoms with Gasteiger partial charge in [0.25, 0.3) is 0 Å². The molecule has 2 atom stereocenters. The molecule has 1 fully saturated rings. The van der Waals surface area contributed by atoms with E-state index in [-0.39, 0.29) is 6.10 Å². The molecule has 2 unspecified atom stereocenters. The zero-order valence-corrected chi connectivity index (χ0v) is 18.2. The largest absolute Gasteiger partial charge is 0.497 e. The molecule has 6 heteroatoms. The number of imidazole rings is 1. The molecule has 3 aromatic rings. The SMILES string of the molecule is COc1cccc(COCC2COC(CCc3ccc(C)cc3)(Cn3ccnc3)O2)c1. The first kappa shape index (κ1) is 21.6. The van der Waals surface area contributed by atoms with E-state index in [2.05, 4.69) is 36.2 Å². The van der Waals surface area contributed by atoms with Gasteiger partial charge in [-0.3, -0.25) is 0 Å². The third kappa shape index (κ3) is 5.94. The molecule has 1 aliphatic rings. The van der Waals surface area contributed by atoms with Gasteiger partial charge in [0.15, 0.2) is 5.79 Å². The van der Waals surface area contributed by atoms with Crippen LogP contribution in [0.1, 0.15) is 23.1 Å². The lowest BCUT2D eigenvalue weighted by molar-refractivity contribution is -0.187. The molecule has 31 heavy (non-hydrogen) atoms. The minimum atomic E-state index is -0.685. The minimum absolute atomic E-state index is 0.104. The lowest BCUT2D eigenvalue weighted by atomic mass is 10.0. The number of hydrogen-bond donors (Lipinski definition) is 0. The molecular weight excluding hydrogens is 392 g/mol. The van der Waals surface area contributed by atoms with Gasteiger partial charge in [-0.15, -0.1) is 0 Å². The van der Waals surface area contributed by atoms with Gasteiger partial charge in [-0.1, -0.05) is 42.0 Å². The average Bonchev–Trinajstić information content (AvgIpc) is 3.44. The van der Waals surface area contributed by atoms with Crippen molar-refractivity contribution in [3.05, 3.63) is 83.9 Å². The zero-order chi connectivity index (χ0) is 21.5. The normalized spacial score (nSPS) is 20.8. The Hall–Kier alpha value is -2.67. The predicted molar refractivity (Wildman–Crippen MR) is 118 cm³/mol. The number of methoxy groups -OCH3 is 1. The lowest BCUT2D eigenvalue weighted by Crippen LogP contribution is -2.37. The van der Waals surface area contributed by atoms with Crippen LogP contribution in [0.4, 0.5) is 0 Å². The summed E-state index contributed by atoms with van der Waals surface area (Å²) in [5, 5.41) is 0. The van der Waals surface area contributed by atoms with Crippen LogP contribution in [0.2, 0.25) is 0 Å². The molecule has 4 rings (SSSR count). The summed E-state index contributed by atoms with van der Waals surface area (Å²) in [6.07, 6.45) is 7.05. The van der Waals surface area contributed by atoms with E-state index in [9.17, 15) is 0 Å². The summed E-state index contributed by atoms with van der Waals surface area (Å²) in [5.41, 5.74) is 3.61. The first-order valence-corrected chi connectivity index (χ1v) is 10.7. The summed E-state index contributed by atoms with van der Waals surface area (Å²) in [6, 6.07) is 16.5. The summed E-state index contributed by atoms with van der Waals surface area (Å²) in [4.78, 5) is 4.16. The van der Waals surface area contributed by atoms with Gasteiger partial charge in [0.1, 0.15) is 11.9 Å². The standard InChI is InChI=1S/C25H30N2O4/c1-20-6-8-21(9-7-20)10-11-25(18-27-13-12-26-19-27)30-17-24(31-25)16-29-15-22-4-3-5-23(14-22)28-2/h3-9,12-14,19,24H,10-11,15-18H2,1-2H3. The maximum atomic E-state index is 6.43. The summed E-state index contributed by atoms with van der Waals surface area (Å²) < 4.78 is 25.9. The van der Waals surface area contributed by atoms with Crippen LogP contribution in [-0.2, 0) is 33.8 Å². The third-order valence-electron chi connectivity index (χ3n) is 5.52. The lowest BCUT2D eigenvalue weighted by Gasteiger charge is -2.28. The number of ether oxygens (including phenoxy) is 4. The Bertz CT molecular complexity index is 942. The van der Waals surface area contributed by atoms with Crippen molar-refractivity contribution in [1.29, 1.82) is 0 Å². The molecular formula is C25H30N2O4. The van der Waals surface area contributed by atoms with Gasteiger partial charge in [0.05, 0.1) is 39.8 Å². The highest BCUT2D eigenvalue weighted by molar-refractivity contribution is 5.27. The van der Waals surface area contributed by atoms with E-state index in [4.69, 9.17) is 18.9 Å². The van der Waals surface area contributed by atoms with Crippen LogP contribution < -0.4 is 4.74 Å². The molecule has 0 spiro atoms. The summed E-state index contributed by atoms with van der Waals surface area (Å²) >= 11 is 0. The maximum Gasteiger partial charge on any atom is 0.187 e. The van der Waals surface area contributed by atoms with Crippen LogP contribution in [0, 0.1) is 6.92 Å². The third-order valence-corrected chi connectivity index (χ3v) is 5.52. The maximum absolute atomic E-state index is 6.43. The van der Waals surface area contributed by atoms with Crippen molar-refractivity contribution in [2.24, 2.45) is 0 Å². The average molecular weight is 423 g/mol. The van der Waals surface area contributed by atoms with Crippen LogP contribution in [0.5, 0.6) is 5.75 Å². The molecule has 0 N–H and O–H groups in total. The van der Waals surface area contributed by atoms with E-state index in [0.717, 1.165) is 24.2 Å². The molecule has 0 radical (unpaired) electrons. The van der Waals surface area contributed by atoms with E-state index in [1.165, 1.54) is 11.1 Å². The van der Waals surface area contributed by atoms with Crippen molar-refractivity contribution in [2.45, 2.75) is 44.8 Å². The van der Waals surface area contributed by atoms with Gasteiger partial charge in [0, 0.05) is 18.8 Å². The van der Waals surface area contributed by atoms with Crippen molar-refractivity contribution in [3.8, 4) is 5.75 Å². The molecule has 164 valence electrons. The summed E-state index contributed by atoms with van der Waals surface area (Å²) in [5.74, 6) is 0.146. The van der Waals surface area contributed by atoms with Crippen LogP contribution >= 0.6 is 0 Å². The Labute approximate surface area is 183 Å². The molecule has 1 aliphatic heterocycles. The fourth-order valence-electron chi connectivity index (χ4n) is 3.81. The number of hydrogen-bond acceptors (Lipinski definition) is 5. The second kappa shape index (κ2) is 10.1. The fourth-order valence-corrected chi connectivity index (χ4v) is 3.81. The molecule has 0 saturated carbocycles. The van der Waals surface area contributed by atoms with E-state index in [0.29, 0.717) is 26.4 Å². The monoisotopic (exact) mass is 422 g/mol. The Morgan fingerprint density at radius 3 is 2.81 bits per heavy atom. The predicted octanol–water partition coefficient (Wildman–Crippen LogP) is 4.16. The van der Waals surface area contributed by atoms with Crippen molar-refractivity contribution < 1.29 is 18.9 Å². The van der Waals surface area contributed by atoms with E-state index >= 15 is 0 Å².